The third kappa shape index (κ3) is 31.6. The molecule has 1 aliphatic rings. The van der Waals surface area contributed by atoms with Crippen LogP contribution in [0.25, 0.3) is 10.8 Å². The van der Waals surface area contributed by atoms with Gasteiger partial charge in [-0.25, -0.2) is 0 Å². The van der Waals surface area contributed by atoms with Gasteiger partial charge in [-0.15, -0.1) is 18.3 Å². The summed E-state index contributed by atoms with van der Waals surface area (Å²) in [6.45, 7) is 30.8. The molecule has 0 radical (unpaired) electrons. The topological polar surface area (TPSA) is 3.24 Å². The summed E-state index contributed by atoms with van der Waals surface area (Å²) in [6.07, 6.45) is 14.5. The van der Waals surface area contributed by atoms with Crippen LogP contribution in [0.15, 0.2) is 121 Å². The molecule has 0 N–H and O–H groups in total. The molecule has 0 amide bonds. The van der Waals surface area contributed by atoms with Crippen molar-refractivity contribution in [2.75, 3.05) is 19.3 Å². The molecule has 0 atom stereocenters. The molecular weight excluding hydrogens is 635 g/mol. The standard InChI is InChI=1S/C18H29N.C11H10S.C6H6.C5H12.C5H10.2C2H6/c1-16(2)7-6-8-17-9-11-18(12-10-17)15-19-13-4-3-5-14-19;1-12-11-7-6-9-4-2-3-5-10(9)8-11;1-2-4-6-5-3-1;1-5(2,3)4;1-3-5-4-2;2*1-2/h9-12,16H,3-8,13-15H2,1-2H3;2-8H,1H3;1-6H;1-4H3;3H,1,4-5H2,2H3;2*1-2H3. The third-order valence-electron chi connectivity index (χ3n) is 7.24. The zero-order valence-electron chi connectivity index (χ0n) is 35.3. The molecule has 0 aromatic heterocycles. The first kappa shape index (κ1) is 50.3. The van der Waals surface area contributed by atoms with Gasteiger partial charge in [0.25, 0.3) is 0 Å². The summed E-state index contributed by atoms with van der Waals surface area (Å²) in [5.74, 6) is 0.832. The van der Waals surface area contributed by atoms with Gasteiger partial charge in [-0.05, 0) is 96.8 Å². The smallest absolute Gasteiger partial charge is 0.0233 e. The Morgan fingerprint density at radius 3 is 1.63 bits per heavy atom. The van der Waals surface area contributed by atoms with Gasteiger partial charge in [0.1, 0.15) is 0 Å². The number of nitrogens with zero attached hydrogens (tertiary/aromatic N) is 1. The van der Waals surface area contributed by atoms with Crippen molar-refractivity contribution in [3.8, 4) is 0 Å². The average Bonchev–Trinajstić information content (AvgIpc) is 3.15. The van der Waals surface area contributed by atoms with Crippen LogP contribution in [0.5, 0.6) is 0 Å². The molecule has 5 rings (SSSR count). The highest BCUT2D eigenvalue weighted by Gasteiger charge is 2.10. The summed E-state index contributed by atoms with van der Waals surface area (Å²) in [6, 6.07) is 36.3. The number of fused-ring (bicyclic) bond motifs is 1. The van der Waals surface area contributed by atoms with E-state index in [1.54, 1.807) is 11.8 Å². The van der Waals surface area contributed by atoms with E-state index in [1.165, 1.54) is 84.8 Å². The molecule has 0 aliphatic carbocycles. The molecule has 0 bridgehead atoms. The van der Waals surface area contributed by atoms with Crippen LogP contribution >= 0.6 is 11.8 Å². The Kier molecular flexibility index (Phi) is 33.8. The van der Waals surface area contributed by atoms with Crippen LogP contribution in [0.2, 0.25) is 0 Å². The second kappa shape index (κ2) is 34.3. The van der Waals surface area contributed by atoms with E-state index < -0.39 is 0 Å². The van der Waals surface area contributed by atoms with Crippen molar-refractivity contribution < 1.29 is 0 Å². The number of hydrogen-bond donors (Lipinski definition) is 0. The van der Waals surface area contributed by atoms with Crippen molar-refractivity contribution in [1.29, 1.82) is 0 Å². The van der Waals surface area contributed by atoms with Crippen LogP contribution < -0.4 is 0 Å². The van der Waals surface area contributed by atoms with E-state index in [9.17, 15) is 0 Å². The van der Waals surface area contributed by atoms with Crippen LogP contribution in [0.3, 0.4) is 0 Å². The van der Waals surface area contributed by atoms with Gasteiger partial charge in [0.05, 0.1) is 0 Å². The lowest BCUT2D eigenvalue weighted by molar-refractivity contribution is 0.221. The van der Waals surface area contributed by atoms with Crippen molar-refractivity contribution in [3.05, 3.63) is 127 Å². The highest BCUT2D eigenvalue weighted by Crippen LogP contribution is 2.21. The molecule has 286 valence electrons. The Bertz CT molecular complexity index is 1250. The zero-order chi connectivity index (χ0) is 38.8. The van der Waals surface area contributed by atoms with Gasteiger partial charge in [-0.3, -0.25) is 4.90 Å². The molecule has 1 heterocycles. The lowest BCUT2D eigenvalue weighted by Gasteiger charge is -2.26. The molecule has 1 nitrogen and oxygen atoms in total. The van der Waals surface area contributed by atoms with E-state index in [-0.39, 0.29) is 0 Å². The quantitative estimate of drug-likeness (QED) is 0.125. The van der Waals surface area contributed by atoms with Crippen LogP contribution in [-0.2, 0) is 13.0 Å². The molecule has 1 saturated heterocycles. The molecule has 0 unspecified atom stereocenters. The summed E-state index contributed by atoms with van der Waals surface area (Å²) in [4.78, 5) is 3.92. The second-order valence-corrected chi connectivity index (χ2v) is 15.3. The molecular formula is C49H79NS. The Labute approximate surface area is 322 Å². The molecule has 1 fully saturated rings. The maximum Gasteiger partial charge on any atom is 0.0233 e. The van der Waals surface area contributed by atoms with Gasteiger partial charge in [0, 0.05) is 11.4 Å². The lowest BCUT2D eigenvalue weighted by Crippen LogP contribution is -2.29. The van der Waals surface area contributed by atoms with Gasteiger partial charge in [0.15, 0.2) is 0 Å². The number of piperidine rings is 1. The first-order valence-corrected chi connectivity index (χ1v) is 21.2. The van der Waals surface area contributed by atoms with Crippen LogP contribution in [0.1, 0.15) is 132 Å². The summed E-state index contributed by atoms with van der Waals surface area (Å²) in [5, 5.41) is 2.64. The van der Waals surface area contributed by atoms with Crippen molar-refractivity contribution in [3.63, 3.8) is 0 Å². The number of likely N-dealkylation sites (tertiary alicyclic amines) is 1. The molecule has 0 spiro atoms. The lowest BCUT2D eigenvalue weighted by atomic mass is 10.0. The average molecular weight is 714 g/mol. The first-order valence-electron chi connectivity index (χ1n) is 20.0. The number of rotatable bonds is 9. The Morgan fingerprint density at radius 2 is 1.20 bits per heavy atom. The van der Waals surface area contributed by atoms with Gasteiger partial charge in [0.2, 0.25) is 0 Å². The monoisotopic (exact) mass is 714 g/mol. The molecule has 4 aromatic carbocycles. The van der Waals surface area contributed by atoms with Crippen molar-refractivity contribution in [2.24, 2.45) is 11.3 Å². The number of aryl methyl sites for hydroxylation is 1. The predicted molar refractivity (Wildman–Crippen MR) is 238 cm³/mol. The SMILES string of the molecule is C=CCCC.CC.CC.CC(C)(C)C.CC(C)CCCc1ccc(CN2CCCCC2)cc1.CSc1ccc2ccccc2c1.c1ccccc1. The Balaban J connectivity index is 0. The molecule has 0 saturated carbocycles. The molecule has 2 heteroatoms. The summed E-state index contributed by atoms with van der Waals surface area (Å²) in [7, 11) is 0. The number of hydrogen-bond acceptors (Lipinski definition) is 2. The fourth-order valence-electron chi connectivity index (χ4n) is 4.78. The van der Waals surface area contributed by atoms with Gasteiger partial charge in [-0.2, -0.15) is 0 Å². The highest BCUT2D eigenvalue weighted by atomic mass is 32.2. The minimum atomic E-state index is 0.500. The maximum atomic E-state index is 3.55. The van der Waals surface area contributed by atoms with Crippen molar-refractivity contribution in [2.45, 2.75) is 139 Å². The minimum absolute atomic E-state index is 0.500. The van der Waals surface area contributed by atoms with Crippen LogP contribution in [0, 0.1) is 11.3 Å². The van der Waals surface area contributed by atoms with Crippen molar-refractivity contribution in [1.82, 2.24) is 4.90 Å². The van der Waals surface area contributed by atoms with Crippen molar-refractivity contribution >= 4 is 22.5 Å². The van der Waals surface area contributed by atoms with Crippen LogP contribution in [-0.4, -0.2) is 24.2 Å². The van der Waals surface area contributed by atoms with Crippen LogP contribution in [0.4, 0.5) is 0 Å². The third-order valence-corrected chi connectivity index (χ3v) is 7.97. The normalized spacial score (nSPS) is 11.9. The fourth-order valence-corrected chi connectivity index (χ4v) is 5.23. The number of allylic oxidation sites excluding steroid dienone is 1. The first-order chi connectivity index (χ1) is 24.5. The maximum absolute atomic E-state index is 3.55. The minimum Gasteiger partial charge on any atom is -0.299 e. The van der Waals surface area contributed by atoms with Gasteiger partial charge < -0.3 is 0 Å². The largest absolute Gasteiger partial charge is 0.299 e. The Hall–Kier alpha value is -2.81. The highest BCUT2D eigenvalue weighted by molar-refractivity contribution is 7.98. The fraction of sp³-hybridized carbons (Fsp3) is 0.510. The predicted octanol–water partition coefficient (Wildman–Crippen LogP) is 16.0. The number of benzene rings is 4. The summed E-state index contributed by atoms with van der Waals surface area (Å²) < 4.78 is 0. The van der Waals surface area contributed by atoms with Gasteiger partial charge >= 0.3 is 0 Å². The summed E-state index contributed by atoms with van der Waals surface area (Å²) in [5.41, 5.74) is 3.48. The Morgan fingerprint density at radius 1 is 0.706 bits per heavy atom. The van der Waals surface area contributed by atoms with Gasteiger partial charge in [-0.1, -0.05) is 192 Å². The molecule has 1 aliphatic heterocycles. The van der Waals surface area contributed by atoms with E-state index in [0.717, 1.165) is 18.9 Å². The van der Waals surface area contributed by atoms with E-state index in [1.807, 2.05) is 70.2 Å². The zero-order valence-corrected chi connectivity index (χ0v) is 36.1. The number of thioether (sulfide) groups is 1. The number of unbranched alkanes of at least 4 members (excludes halogenated alkanes) is 1. The molecule has 51 heavy (non-hydrogen) atoms. The van der Waals surface area contributed by atoms with E-state index in [2.05, 4.69) is 133 Å². The van der Waals surface area contributed by atoms with E-state index >= 15 is 0 Å². The molecule has 4 aromatic rings. The van der Waals surface area contributed by atoms with E-state index in [4.69, 9.17) is 0 Å². The second-order valence-electron chi connectivity index (χ2n) is 14.4. The summed E-state index contributed by atoms with van der Waals surface area (Å²) >= 11 is 1.78. The van der Waals surface area contributed by atoms with E-state index in [0.29, 0.717) is 5.41 Å².